The third kappa shape index (κ3) is 5.30. The SMILES string of the molecule is Cc1nn(C(C)(C)C)c(C)c1C(=O)NS(=O)(=O)CCOC1CCCCC1. The molecule has 1 aromatic heterocycles. The van der Waals surface area contributed by atoms with Gasteiger partial charge in [0.05, 0.1) is 35.3 Å². The van der Waals surface area contributed by atoms with Crippen molar-refractivity contribution in [2.45, 2.75) is 78.4 Å². The van der Waals surface area contributed by atoms with Crippen LogP contribution in [0.1, 0.15) is 74.6 Å². The summed E-state index contributed by atoms with van der Waals surface area (Å²) in [6.07, 6.45) is 5.58. The summed E-state index contributed by atoms with van der Waals surface area (Å²) < 4.78 is 34.0. The molecule has 0 unspecified atom stereocenters. The summed E-state index contributed by atoms with van der Waals surface area (Å²) >= 11 is 0. The number of hydrogen-bond donors (Lipinski definition) is 1. The van der Waals surface area contributed by atoms with E-state index in [2.05, 4.69) is 9.82 Å². The van der Waals surface area contributed by atoms with E-state index in [1.54, 1.807) is 18.5 Å². The van der Waals surface area contributed by atoms with Crippen LogP contribution in [0.4, 0.5) is 0 Å². The number of rotatable bonds is 6. The van der Waals surface area contributed by atoms with Crippen molar-refractivity contribution in [1.82, 2.24) is 14.5 Å². The summed E-state index contributed by atoms with van der Waals surface area (Å²) in [5, 5.41) is 4.39. The minimum atomic E-state index is -3.75. The topological polar surface area (TPSA) is 90.3 Å². The van der Waals surface area contributed by atoms with Gasteiger partial charge in [0.1, 0.15) is 0 Å². The van der Waals surface area contributed by atoms with Crippen molar-refractivity contribution < 1.29 is 17.9 Å². The summed E-state index contributed by atoms with van der Waals surface area (Å²) in [7, 11) is -3.75. The van der Waals surface area contributed by atoms with Crippen molar-refractivity contribution in [3.05, 3.63) is 17.0 Å². The molecule has 0 radical (unpaired) electrons. The molecule has 148 valence electrons. The molecule has 1 aromatic rings. The summed E-state index contributed by atoms with van der Waals surface area (Å²) in [5.74, 6) is -0.853. The van der Waals surface area contributed by atoms with Gasteiger partial charge in [0.25, 0.3) is 5.91 Å². The maximum Gasteiger partial charge on any atom is 0.268 e. The molecule has 1 fully saturated rings. The zero-order chi connectivity index (χ0) is 19.5. The van der Waals surface area contributed by atoms with Crippen molar-refractivity contribution in [1.29, 1.82) is 0 Å². The predicted molar refractivity (Wildman–Crippen MR) is 101 cm³/mol. The lowest BCUT2D eigenvalue weighted by molar-refractivity contribution is 0.0379. The number of hydrogen-bond acceptors (Lipinski definition) is 5. The lowest BCUT2D eigenvalue weighted by atomic mass is 9.98. The van der Waals surface area contributed by atoms with Crippen molar-refractivity contribution >= 4 is 15.9 Å². The lowest BCUT2D eigenvalue weighted by Crippen LogP contribution is -2.35. The molecular weight excluding hydrogens is 354 g/mol. The average molecular weight is 386 g/mol. The number of sulfonamides is 1. The highest BCUT2D eigenvalue weighted by molar-refractivity contribution is 7.90. The normalized spacial score (nSPS) is 16.7. The molecule has 0 bridgehead atoms. The molecule has 26 heavy (non-hydrogen) atoms. The number of nitrogens with zero attached hydrogens (tertiary/aromatic N) is 2. The molecule has 1 aliphatic carbocycles. The molecule has 2 rings (SSSR count). The van der Waals surface area contributed by atoms with Crippen molar-refractivity contribution in [2.24, 2.45) is 0 Å². The van der Waals surface area contributed by atoms with Gasteiger partial charge in [-0.15, -0.1) is 0 Å². The molecule has 1 saturated carbocycles. The molecule has 0 atom stereocenters. The predicted octanol–water partition coefficient (Wildman–Crippen LogP) is 2.66. The first kappa shape index (κ1) is 20.9. The van der Waals surface area contributed by atoms with Crippen LogP contribution in [0.2, 0.25) is 0 Å². The van der Waals surface area contributed by atoms with E-state index in [1.807, 2.05) is 20.8 Å². The van der Waals surface area contributed by atoms with Crippen LogP contribution in [0.3, 0.4) is 0 Å². The van der Waals surface area contributed by atoms with Gasteiger partial charge in [0.15, 0.2) is 0 Å². The van der Waals surface area contributed by atoms with E-state index in [0.717, 1.165) is 25.7 Å². The largest absolute Gasteiger partial charge is 0.377 e. The maximum atomic E-state index is 12.5. The van der Waals surface area contributed by atoms with E-state index in [-0.39, 0.29) is 24.0 Å². The number of nitrogens with one attached hydrogen (secondary N) is 1. The monoisotopic (exact) mass is 385 g/mol. The van der Waals surface area contributed by atoms with Gasteiger partial charge in [0.2, 0.25) is 10.0 Å². The molecule has 7 nitrogen and oxygen atoms in total. The first-order valence-electron chi connectivity index (χ1n) is 9.24. The van der Waals surface area contributed by atoms with Crippen LogP contribution in [0.25, 0.3) is 0 Å². The zero-order valence-corrected chi connectivity index (χ0v) is 17.3. The smallest absolute Gasteiger partial charge is 0.268 e. The molecule has 1 amide bonds. The Morgan fingerprint density at radius 3 is 2.38 bits per heavy atom. The molecule has 0 saturated heterocycles. The minimum Gasteiger partial charge on any atom is -0.377 e. The zero-order valence-electron chi connectivity index (χ0n) is 16.5. The molecule has 0 aromatic carbocycles. The highest BCUT2D eigenvalue weighted by atomic mass is 32.2. The van der Waals surface area contributed by atoms with Gasteiger partial charge in [-0.3, -0.25) is 9.48 Å². The van der Waals surface area contributed by atoms with Gasteiger partial charge < -0.3 is 4.74 Å². The van der Waals surface area contributed by atoms with Crippen LogP contribution in [-0.4, -0.2) is 42.6 Å². The third-order valence-electron chi connectivity index (χ3n) is 4.66. The van der Waals surface area contributed by atoms with Crippen LogP contribution in [0, 0.1) is 13.8 Å². The third-order valence-corrected chi connectivity index (χ3v) is 5.86. The summed E-state index contributed by atoms with van der Waals surface area (Å²) in [6.45, 7) is 9.53. The van der Waals surface area contributed by atoms with Gasteiger partial charge >= 0.3 is 0 Å². The average Bonchev–Trinajstić information content (AvgIpc) is 2.82. The summed E-state index contributed by atoms with van der Waals surface area (Å²) in [6, 6.07) is 0. The fraction of sp³-hybridized carbons (Fsp3) is 0.778. The van der Waals surface area contributed by atoms with E-state index in [9.17, 15) is 13.2 Å². The lowest BCUT2D eigenvalue weighted by Gasteiger charge is -2.22. The number of amides is 1. The molecule has 0 spiro atoms. The Hall–Kier alpha value is -1.41. The Morgan fingerprint density at radius 1 is 1.23 bits per heavy atom. The molecular formula is C18H31N3O4S. The quantitative estimate of drug-likeness (QED) is 0.813. The molecule has 8 heteroatoms. The van der Waals surface area contributed by atoms with Crippen molar-refractivity contribution in [3.8, 4) is 0 Å². The van der Waals surface area contributed by atoms with Crippen molar-refractivity contribution in [2.75, 3.05) is 12.4 Å². The number of carbonyl (C=O) groups excluding carboxylic acids is 1. The van der Waals surface area contributed by atoms with Gasteiger partial charge in [0, 0.05) is 5.69 Å². The highest BCUT2D eigenvalue weighted by Gasteiger charge is 2.27. The van der Waals surface area contributed by atoms with Gasteiger partial charge in [-0.05, 0) is 47.5 Å². The van der Waals surface area contributed by atoms with Crippen molar-refractivity contribution in [3.63, 3.8) is 0 Å². The number of aryl methyl sites for hydroxylation is 1. The van der Waals surface area contributed by atoms with E-state index >= 15 is 0 Å². The van der Waals surface area contributed by atoms with Crippen LogP contribution in [0.15, 0.2) is 0 Å². The first-order valence-corrected chi connectivity index (χ1v) is 10.9. The fourth-order valence-electron chi connectivity index (χ4n) is 3.42. The van der Waals surface area contributed by atoms with E-state index in [1.165, 1.54) is 6.42 Å². The second-order valence-electron chi connectivity index (χ2n) is 8.01. The van der Waals surface area contributed by atoms with Crippen LogP contribution in [0.5, 0.6) is 0 Å². The van der Waals surface area contributed by atoms with Crippen LogP contribution < -0.4 is 4.72 Å². The Labute approximate surface area is 156 Å². The fourth-order valence-corrected chi connectivity index (χ4v) is 4.23. The Morgan fingerprint density at radius 2 is 1.85 bits per heavy atom. The molecule has 1 heterocycles. The number of carbonyl (C=O) groups is 1. The van der Waals surface area contributed by atoms with Crippen LogP contribution >= 0.6 is 0 Å². The van der Waals surface area contributed by atoms with Crippen LogP contribution in [-0.2, 0) is 20.3 Å². The van der Waals surface area contributed by atoms with Gasteiger partial charge in [-0.1, -0.05) is 19.3 Å². The first-order chi connectivity index (χ1) is 12.0. The number of aromatic nitrogens is 2. The Kier molecular flexibility index (Phi) is 6.50. The summed E-state index contributed by atoms with van der Waals surface area (Å²) in [5.41, 5.74) is 1.20. The summed E-state index contributed by atoms with van der Waals surface area (Å²) in [4.78, 5) is 12.5. The standard InChI is InChI=1S/C18H31N3O4S/c1-13-16(14(2)21(19-13)18(3,4)5)17(22)20-26(23,24)12-11-25-15-9-7-6-8-10-15/h15H,6-12H2,1-5H3,(H,20,22). The Balaban J connectivity index is 1.98. The maximum absolute atomic E-state index is 12.5. The molecule has 0 aliphatic heterocycles. The minimum absolute atomic E-state index is 0.104. The second kappa shape index (κ2) is 8.08. The Bertz CT molecular complexity index is 741. The highest BCUT2D eigenvalue weighted by Crippen LogP contribution is 2.22. The molecule has 1 N–H and O–H groups in total. The van der Waals surface area contributed by atoms with E-state index in [0.29, 0.717) is 17.0 Å². The van der Waals surface area contributed by atoms with Gasteiger partial charge in [-0.2, -0.15) is 5.10 Å². The van der Waals surface area contributed by atoms with E-state index < -0.39 is 15.9 Å². The second-order valence-corrected chi connectivity index (χ2v) is 9.85. The van der Waals surface area contributed by atoms with E-state index in [4.69, 9.17) is 4.74 Å². The molecule has 1 aliphatic rings. The number of ether oxygens (including phenoxy) is 1. The van der Waals surface area contributed by atoms with Gasteiger partial charge in [-0.25, -0.2) is 13.1 Å².